The van der Waals surface area contributed by atoms with Crippen LogP contribution < -0.4 is 10.6 Å². The third-order valence-electron chi connectivity index (χ3n) is 2.70. The second-order valence-electron chi connectivity index (χ2n) is 3.85. The molecule has 1 heterocycles. The second kappa shape index (κ2) is 5.98. The zero-order valence-electron chi connectivity index (χ0n) is 9.18. The van der Waals surface area contributed by atoms with Crippen LogP contribution in [0.2, 0.25) is 0 Å². The van der Waals surface area contributed by atoms with Crippen LogP contribution in [0.4, 0.5) is 0 Å². The first-order valence-electron chi connectivity index (χ1n) is 5.41. The Morgan fingerprint density at radius 2 is 2.14 bits per heavy atom. The van der Waals surface area contributed by atoms with Crippen LogP contribution in [-0.4, -0.2) is 50.1 Å². The van der Waals surface area contributed by atoms with Crippen LogP contribution in [0.25, 0.3) is 0 Å². The van der Waals surface area contributed by atoms with E-state index in [9.17, 15) is 4.79 Å². The lowest BCUT2D eigenvalue weighted by molar-refractivity contribution is -0.122. The minimum atomic E-state index is 0.133. The fourth-order valence-corrected chi connectivity index (χ4v) is 1.86. The average molecular weight is 199 g/mol. The Hall–Kier alpha value is -0.610. The van der Waals surface area contributed by atoms with Crippen molar-refractivity contribution in [1.82, 2.24) is 15.5 Å². The van der Waals surface area contributed by atoms with Crippen molar-refractivity contribution in [3.05, 3.63) is 0 Å². The van der Waals surface area contributed by atoms with Crippen LogP contribution in [0.1, 0.15) is 19.8 Å². The number of carbonyl (C=O) groups excluding carboxylic acids is 1. The predicted molar refractivity (Wildman–Crippen MR) is 57.2 cm³/mol. The number of nitrogens with zero attached hydrogens (tertiary/aromatic N) is 1. The molecule has 82 valence electrons. The monoisotopic (exact) mass is 199 g/mol. The fourth-order valence-electron chi connectivity index (χ4n) is 1.86. The molecule has 1 aliphatic rings. The maximum atomic E-state index is 11.3. The minimum absolute atomic E-state index is 0.133. The molecule has 14 heavy (non-hydrogen) atoms. The maximum absolute atomic E-state index is 11.3. The maximum Gasteiger partial charge on any atom is 0.234 e. The number of rotatable bonds is 4. The van der Waals surface area contributed by atoms with Crippen LogP contribution in [0.3, 0.4) is 0 Å². The molecule has 1 aliphatic heterocycles. The van der Waals surface area contributed by atoms with Gasteiger partial charge in [0.1, 0.15) is 0 Å². The highest BCUT2D eigenvalue weighted by Gasteiger charge is 2.18. The summed E-state index contributed by atoms with van der Waals surface area (Å²) in [5.74, 6) is 0.133. The number of carbonyl (C=O) groups is 1. The Morgan fingerprint density at radius 1 is 1.50 bits per heavy atom. The molecule has 4 heteroatoms. The summed E-state index contributed by atoms with van der Waals surface area (Å²) in [6, 6.07) is 0.568. The molecule has 0 spiro atoms. The Morgan fingerprint density at radius 3 is 2.71 bits per heavy atom. The molecular formula is C10H21N3O. The van der Waals surface area contributed by atoms with Gasteiger partial charge >= 0.3 is 0 Å². The van der Waals surface area contributed by atoms with Gasteiger partial charge in [-0.1, -0.05) is 0 Å². The van der Waals surface area contributed by atoms with E-state index in [0.717, 1.165) is 32.5 Å². The van der Waals surface area contributed by atoms with Gasteiger partial charge in [0.05, 0.1) is 6.54 Å². The molecule has 0 aromatic heterocycles. The van der Waals surface area contributed by atoms with E-state index in [1.54, 1.807) is 0 Å². The first-order chi connectivity index (χ1) is 6.74. The van der Waals surface area contributed by atoms with Crippen molar-refractivity contribution in [3.8, 4) is 0 Å². The molecule has 0 aromatic rings. The van der Waals surface area contributed by atoms with Crippen molar-refractivity contribution >= 4 is 5.91 Å². The highest BCUT2D eigenvalue weighted by Crippen LogP contribution is 2.08. The van der Waals surface area contributed by atoms with Crippen molar-refractivity contribution in [2.24, 2.45) is 0 Å². The summed E-state index contributed by atoms with van der Waals surface area (Å²) in [6.07, 6.45) is 2.30. The Bertz CT molecular complexity index is 178. The normalized spacial score (nSPS) is 18.5. The molecule has 1 rings (SSSR count). The molecule has 1 amide bonds. The van der Waals surface area contributed by atoms with E-state index < -0.39 is 0 Å². The van der Waals surface area contributed by atoms with Crippen LogP contribution in [0.5, 0.6) is 0 Å². The lowest BCUT2D eigenvalue weighted by atomic mass is 10.1. The molecule has 0 bridgehead atoms. The van der Waals surface area contributed by atoms with Crippen molar-refractivity contribution in [1.29, 1.82) is 0 Å². The summed E-state index contributed by atoms with van der Waals surface area (Å²) in [6.45, 7) is 5.34. The SMILES string of the molecule is CCNC(=O)CN(C)C1CCNCC1. The summed E-state index contributed by atoms with van der Waals surface area (Å²) in [7, 11) is 2.03. The molecule has 0 radical (unpaired) electrons. The Labute approximate surface area is 86.0 Å². The Kier molecular flexibility index (Phi) is 4.90. The number of hydrogen-bond donors (Lipinski definition) is 2. The molecule has 0 saturated carbocycles. The van der Waals surface area contributed by atoms with E-state index in [2.05, 4.69) is 15.5 Å². The number of nitrogens with one attached hydrogen (secondary N) is 2. The van der Waals surface area contributed by atoms with E-state index in [4.69, 9.17) is 0 Å². The molecule has 1 saturated heterocycles. The zero-order valence-corrected chi connectivity index (χ0v) is 9.18. The molecule has 0 atom stereocenters. The Balaban J connectivity index is 2.25. The molecule has 1 fully saturated rings. The van der Waals surface area contributed by atoms with E-state index in [1.165, 1.54) is 0 Å². The largest absolute Gasteiger partial charge is 0.355 e. The van der Waals surface area contributed by atoms with Gasteiger partial charge in [0.15, 0.2) is 0 Å². The third kappa shape index (κ3) is 3.64. The van der Waals surface area contributed by atoms with Gasteiger partial charge in [-0.15, -0.1) is 0 Å². The smallest absolute Gasteiger partial charge is 0.234 e. The molecule has 0 unspecified atom stereocenters. The van der Waals surface area contributed by atoms with Gasteiger partial charge in [-0.3, -0.25) is 9.69 Å². The van der Waals surface area contributed by atoms with Crippen molar-refractivity contribution in [2.75, 3.05) is 33.2 Å². The van der Waals surface area contributed by atoms with Crippen LogP contribution >= 0.6 is 0 Å². The van der Waals surface area contributed by atoms with Crippen molar-refractivity contribution in [2.45, 2.75) is 25.8 Å². The van der Waals surface area contributed by atoms with Crippen LogP contribution in [0.15, 0.2) is 0 Å². The second-order valence-corrected chi connectivity index (χ2v) is 3.85. The van der Waals surface area contributed by atoms with E-state index in [0.29, 0.717) is 12.6 Å². The van der Waals surface area contributed by atoms with Crippen LogP contribution in [0, 0.1) is 0 Å². The van der Waals surface area contributed by atoms with Gasteiger partial charge in [-0.05, 0) is 39.9 Å². The van der Waals surface area contributed by atoms with E-state index in [1.807, 2.05) is 14.0 Å². The number of hydrogen-bond acceptors (Lipinski definition) is 3. The number of piperidine rings is 1. The predicted octanol–water partition coefficient (Wildman–Crippen LogP) is -0.194. The van der Waals surface area contributed by atoms with E-state index >= 15 is 0 Å². The number of amides is 1. The fraction of sp³-hybridized carbons (Fsp3) is 0.900. The zero-order chi connectivity index (χ0) is 10.4. The minimum Gasteiger partial charge on any atom is -0.355 e. The molecule has 4 nitrogen and oxygen atoms in total. The average Bonchev–Trinajstić information content (AvgIpc) is 2.19. The first kappa shape index (κ1) is 11.5. The quantitative estimate of drug-likeness (QED) is 0.659. The van der Waals surface area contributed by atoms with Gasteiger partial charge in [0.2, 0.25) is 5.91 Å². The highest BCUT2D eigenvalue weighted by molar-refractivity contribution is 5.77. The highest BCUT2D eigenvalue weighted by atomic mass is 16.2. The standard InChI is InChI=1S/C10H21N3O/c1-3-12-10(14)8-13(2)9-4-6-11-7-5-9/h9,11H,3-8H2,1-2H3,(H,12,14). The van der Waals surface area contributed by atoms with Crippen molar-refractivity contribution < 1.29 is 4.79 Å². The van der Waals surface area contributed by atoms with Crippen molar-refractivity contribution in [3.63, 3.8) is 0 Å². The van der Waals surface area contributed by atoms with Gasteiger partial charge in [0, 0.05) is 12.6 Å². The molecule has 0 aromatic carbocycles. The molecular weight excluding hydrogens is 178 g/mol. The molecule has 0 aliphatic carbocycles. The third-order valence-corrected chi connectivity index (χ3v) is 2.70. The summed E-state index contributed by atoms with van der Waals surface area (Å²) in [5, 5.41) is 6.14. The summed E-state index contributed by atoms with van der Waals surface area (Å²) >= 11 is 0. The van der Waals surface area contributed by atoms with Gasteiger partial charge in [0.25, 0.3) is 0 Å². The summed E-state index contributed by atoms with van der Waals surface area (Å²) in [5.41, 5.74) is 0. The topological polar surface area (TPSA) is 44.4 Å². The van der Waals surface area contributed by atoms with Gasteiger partial charge in [-0.25, -0.2) is 0 Å². The lowest BCUT2D eigenvalue weighted by Gasteiger charge is -2.30. The van der Waals surface area contributed by atoms with E-state index in [-0.39, 0.29) is 5.91 Å². The first-order valence-corrected chi connectivity index (χ1v) is 5.41. The molecule has 2 N–H and O–H groups in total. The summed E-state index contributed by atoms with van der Waals surface area (Å²) in [4.78, 5) is 13.5. The van der Waals surface area contributed by atoms with Crippen LogP contribution in [-0.2, 0) is 4.79 Å². The van der Waals surface area contributed by atoms with Gasteiger partial charge < -0.3 is 10.6 Å². The summed E-state index contributed by atoms with van der Waals surface area (Å²) < 4.78 is 0. The number of likely N-dealkylation sites (N-methyl/N-ethyl adjacent to an activating group) is 2. The lowest BCUT2D eigenvalue weighted by Crippen LogP contribution is -2.45. The van der Waals surface area contributed by atoms with Gasteiger partial charge in [-0.2, -0.15) is 0 Å².